The Bertz CT molecular complexity index is 1180. The van der Waals surface area contributed by atoms with Crippen LogP contribution in [0.5, 0.6) is 11.5 Å². The number of morpholine rings is 1. The molecule has 2 aliphatic rings. The van der Waals surface area contributed by atoms with E-state index < -0.39 is 17.1 Å². The van der Waals surface area contributed by atoms with E-state index in [-0.39, 0.29) is 11.4 Å². The lowest BCUT2D eigenvalue weighted by molar-refractivity contribution is -0.127. The first-order valence-electron chi connectivity index (χ1n) is 12.4. The number of thioether (sulfide) groups is 1. The summed E-state index contributed by atoms with van der Waals surface area (Å²) in [5.74, 6) is 0.251. The van der Waals surface area contributed by atoms with E-state index in [1.54, 1.807) is 30.3 Å². The number of hydrogen-bond acceptors (Lipinski definition) is 8. The van der Waals surface area contributed by atoms with Gasteiger partial charge in [0.1, 0.15) is 6.54 Å². The summed E-state index contributed by atoms with van der Waals surface area (Å²) in [4.78, 5) is 41.8. The van der Waals surface area contributed by atoms with Crippen LogP contribution in [0.25, 0.3) is 6.08 Å². The first kappa shape index (κ1) is 26.6. The Kier molecular flexibility index (Phi) is 9.08. The van der Waals surface area contributed by atoms with Gasteiger partial charge in [0.2, 0.25) is 5.91 Å². The number of nitrogens with one attached hydrogen (secondary N) is 1. The normalized spacial score (nSPS) is 16.9. The second-order valence-corrected chi connectivity index (χ2v) is 9.41. The van der Waals surface area contributed by atoms with Gasteiger partial charge in [0.05, 0.1) is 42.7 Å². The molecule has 2 heterocycles. The Morgan fingerprint density at radius 3 is 2.62 bits per heavy atom. The highest BCUT2D eigenvalue weighted by molar-refractivity contribution is 8.18. The smallest absolute Gasteiger partial charge is 0.294 e. The van der Waals surface area contributed by atoms with E-state index in [1.807, 2.05) is 32.0 Å². The van der Waals surface area contributed by atoms with Crippen LogP contribution in [0.4, 0.5) is 16.2 Å². The SMILES string of the molecule is CCCOc1ccc(/C=C2\SC(=O)N(CC(=O)Nc3ccccc3N3CCOCC3)C2=O)cc1OCC. The number of carbonyl (C=O) groups excluding carboxylic acids is 3. The molecule has 3 amide bonds. The van der Waals surface area contributed by atoms with Crippen LogP contribution in [0.15, 0.2) is 47.4 Å². The van der Waals surface area contributed by atoms with E-state index in [0.717, 1.165) is 41.9 Å². The molecule has 2 aromatic carbocycles. The zero-order valence-electron chi connectivity index (χ0n) is 21.0. The molecule has 0 aromatic heterocycles. The standard InChI is InChI=1S/C27H31N3O6S/c1-3-13-36-22-10-9-19(16-23(22)35-4-2)17-24-26(32)30(27(33)37-24)18-25(31)28-20-7-5-6-8-21(20)29-11-14-34-15-12-29/h5-10,16-17H,3-4,11-15,18H2,1-2H3,(H,28,31)/b24-17-. The largest absolute Gasteiger partial charge is 0.490 e. The number of rotatable bonds is 10. The summed E-state index contributed by atoms with van der Waals surface area (Å²) < 4.78 is 16.8. The fourth-order valence-corrected chi connectivity index (χ4v) is 4.83. The summed E-state index contributed by atoms with van der Waals surface area (Å²) in [6.07, 6.45) is 2.50. The lowest BCUT2D eigenvalue weighted by atomic mass is 10.2. The maximum absolute atomic E-state index is 13.0. The van der Waals surface area contributed by atoms with Crippen molar-refractivity contribution in [1.82, 2.24) is 4.90 Å². The van der Waals surface area contributed by atoms with Crippen LogP contribution in [0.2, 0.25) is 0 Å². The number of amides is 3. The molecule has 0 unspecified atom stereocenters. The molecule has 0 aliphatic carbocycles. The number of imide groups is 1. The van der Waals surface area contributed by atoms with Gasteiger partial charge in [0.25, 0.3) is 11.1 Å². The van der Waals surface area contributed by atoms with Crippen molar-refractivity contribution < 1.29 is 28.6 Å². The lowest BCUT2D eigenvalue weighted by Gasteiger charge is -2.30. The van der Waals surface area contributed by atoms with Crippen molar-refractivity contribution in [3.8, 4) is 11.5 Å². The minimum Gasteiger partial charge on any atom is -0.490 e. The summed E-state index contributed by atoms with van der Waals surface area (Å²) in [5.41, 5.74) is 2.21. The van der Waals surface area contributed by atoms with Gasteiger partial charge in [-0.15, -0.1) is 0 Å². The fourth-order valence-electron chi connectivity index (χ4n) is 3.99. The molecule has 0 bridgehead atoms. The van der Waals surface area contributed by atoms with E-state index in [4.69, 9.17) is 14.2 Å². The molecule has 196 valence electrons. The predicted octanol–water partition coefficient (Wildman–Crippen LogP) is 4.39. The van der Waals surface area contributed by atoms with Gasteiger partial charge in [-0.3, -0.25) is 19.3 Å². The first-order chi connectivity index (χ1) is 18.0. The van der Waals surface area contributed by atoms with Crippen molar-refractivity contribution in [2.45, 2.75) is 20.3 Å². The summed E-state index contributed by atoms with van der Waals surface area (Å²) in [5, 5.41) is 2.37. The lowest BCUT2D eigenvalue weighted by Crippen LogP contribution is -2.38. The Morgan fingerprint density at radius 1 is 1.08 bits per heavy atom. The van der Waals surface area contributed by atoms with Crippen LogP contribution in [-0.2, 0) is 14.3 Å². The third kappa shape index (κ3) is 6.64. The maximum atomic E-state index is 13.0. The molecule has 2 aromatic rings. The number of para-hydroxylation sites is 2. The summed E-state index contributed by atoms with van der Waals surface area (Å²) in [6.45, 7) is 7.24. The third-order valence-corrected chi connectivity index (χ3v) is 6.64. The zero-order valence-corrected chi connectivity index (χ0v) is 21.8. The highest BCUT2D eigenvalue weighted by Gasteiger charge is 2.36. The Balaban J connectivity index is 1.44. The van der Waals surface area contributed by atoms with E-state index in [1.165, 1.54) is 0 Å². The molecule has 0 saturated carbocycles. The van der Waals surface area contributed by atoms with Gasteiger partial charge >= 0.3 is 0 Å². The number of anilines is 2. The van der Waals surface area contributed by atoms with Gasteiger partial charge in [-0.2, -0.15) is 0 Å². The van der Waals surface area contributed by atoms with Gasteiger partial charge in [-0.25, -0.2) is 0 Å². The second kappa shape index (κ2) is 12.6. The molecule has 37 heavy (non-hydrogen) atoms. The van der Waals surface area contributed by atoms with Crippen LogP contribution in [-0.4, -0.2) is 68.0 Å². The molecule has 2 saturated heterocycles. The fraction of sp³-hybridized carbons (Fsp3) is 0.370. The maximum Gasteiger partial charge on any atom is 0.294 e. The summed E-state index contributed by atoms with van der Waals surface area (Å²) >= 11 is 0.812. The Hall–Kier alpha value is -3.50. The van der Waals surface area contributed by atoms with Crippen molar-refractivity contribution in [2.75, 3.05) is 56.3 Å². The van der Waals surface area contributed by atoms with Gasteiger partial charge < -0.3 is 24.4 Å². The van der Waals surface area contributed by atoms with Crippen LogP contribution in [0.3, 0.4) is 0 Å². The third-order valence-electron chi connectivity index (χ3n) is 5.73. The predicted molar refractivity (Wildman–Crippen MR) is 144 cm³/mol. The Labute approximate surface area is 220 Å². The molecule has 1 N–H and O–H groups in total. The molecule has 4 rings (SSSR count). The monoisotopic (exact) mass is 525 g/mol. The minimum absolute atomic E-state index is 0.246. The van der Waals surface area contributed by atoms with E-state index in [2.05, 4.69) is 10.2 Å². The van der Waals surface area contributed by atoms with Crippen LogP contribution in [0, 0.1) is 0 Å². The van der Waals surface area contributed by atoms with Gasteiger partial charge in [0.15, 0.2) is 11.5 Å². The van der Waals surface area contributed by atoms with Crippen LogP contribution < -0.4 is 19.7 Å². The molecule has 2 fully saturated rings. The average molecular weight is 526 g/mol. The van der Waals surface area contributed by atoms with Gasteiger partial charge in [-0.1, -0.05) is 25.1 Å². The number of ether oxygens (including phenoxy) is 3. The summed E-state index contributed by atoms with van der Waals surface area (Å²) in [6, 6.07) is 12.8. The number of benzene rings is 2. The molecule has 10 heteroatoms. The zero-order chi connectivity index (χ0) is 26.2. The van der Waals surface area contributed by atoms with Crippen molar-refractivity contribution >= 4 is 46.3 Å². The molecular formula is C27H31N3O6S. The molecule has 9 nitrogen and oxygen atoms in total. The average Bonchev–Trinajstić information content (AvgIpc) is 3.16. The van der Waals surface area contributed by atoms with E-state index in [0.29, 0.717) is 49.2 Å². The number of carbonyl (C=O) groups is 3. The topological polar surface area (TPSA) is 97.4 Å². The highest BCUT2D eigenvalue weighted by Crippen LogP contribution is 2.35. The van der Waals surface area contributed by atoms with Crippen molar-refractivity contribution in [3.05, 3.63) is 52.9 Å². The molecule has 0 spiro atoms. The molecule has 0 atom stereocenters. The second-order valence-electron chi connectivity index (χ2n) is 8.42. The highest BCUT2D eigenvalue weighted by atomic mass is 32.2. The van der Waals surface area contributed by atoms with Gasteiger partial charge in [0, 0.05) is 13.1 Å². The minimum atomic E-state index is -0.504. The Morgan fingerprint density at radius 2 is 1.86 bits per heavy atom. The number of nitrogens with zero attached hydrogens (tertiary/aromatic N) is 2. The number of hydrogen-bond donors (Lipinski definition) is 1. The van der Waals surface area contributed by atoms with Crippen LogP contribution >= 0.6 is 11.8 Å². The van der Waals surface area contributed by atoms with Crippen molar-refractivity contribution in [1.29, 1.82) is 0 Å². The van der Waals surface area contributed by atoms with Crippen molar-refractivity contribution in [3.63, 3.8) is 0 Å². The molecule has 0 radical (unpaired) electrons. The van der Waals surface area contributed by atoms with E-state index >= 15 is 0 Å². The molecular weight excluding hydrogens is 494 g/mol. The van der Waals surface area contributed by atoms with Crippen molar-refractivity contribution in [2.24, 2.45) is 0 Å². The molecule has 2 aliphatic heterocycles. The summed E-state index contributed by atoms with van der Waals surface area (Å²) in [7, 11) is 0. The first-order valence-corrected chi connectivity index (χ1v) is 13.2. The van der Waals surface area contributed by atoms with Gasteiger partial charge in [-0.05, 0) is 61.0 Å². The van der Waals surface area contributed by atoms with E-state index in [9.17, 15) is 14.4 Å². The van der Waals surface area contributed by atoms with Crippen LogP contribution in [0.1, 0.15) is 25.8 Å². The quantitative estimate of drug-likeness (QED) is 0.457.